The number of nitrogens with zero attached hydrogens (tertiary/aromatic N) is 3. The number of hydrogen-bond acceptors (Lipinski definition) is 4. The van der Waals surface area contributed by atoms with Gasteiger partial charge in [0, 0.05) is 37.3 Å². The second kappa shape index (κ2) is 9.35. The van der Waals surface area contributed by atoms with Crippen molar-refractivity contribution in [3.63, 3.8) is 0 Å². The lowest BCUT2D eigenvalue weighted by molar-refractivity contribution is -0.384. The molecule has 6 nitrogen and oxygen atoms in total. The topological polar surface area (TPSA) is 66.7 Å². The fourth-order valence-corrected chi connectivity index (χ4v) is 3.76. The van der Waals surface area contributed by atoms with Gasteiger partial charge in [0.1, 0.15) is 5.69 Å². The molecule has 1 fully saturated rings. The molecule has 0 aromatic heterocycles. The van der Waals surface area contributed by atoms with E-state index in [-0.39, 0.29) is 22.4 Å². The van der Waals surface area contributed by atoms with Gasteiger partial charge < -0.3 is 9.80 Å². The molecule has 0 atom stereocenters. The van der Waals surface area contributed by atoms with Crippen molar-refractivity contribution in [3.05, 3.63) is 64.7 Å². The SMILES string of the molecule is CCCCN(C(=O)C1CCN(c2ccccc2[N+](=O)[O-])CC1)c1ccccc1. The third-order valence-corrected chi connectivity index (χ3v) is 5.33. The van der Waals surface area contributed by atoms with E-state index >= 15 is 0 Å². The first kappa shape index (κ1) is 19.9. The van der Waals surface area contributed by atoms with E-state index < -0.39 is 0 Å². The summed E-state index contributed by atoms with van der Waals surface area (Å²) in [6.07, 6.45) is 3.42. The molecule has 0 bridgehead atoms. The van der Waals surface area contributed by atoms with E-state index in [9.17, 15) is 14.9 Å². The van der Waals surface area contributed by atoms with Gasteiger partial charge in [-0.2, -0.15) is 0 Å². The minimum absolute atomic E-state index is 0.0453. The summed E-state index contributed by atoms with van der Waals surface area (Å²) in [7, 11) is 0. The van der Waals surface area contributed by atoms with Gasteiger partial charge in [0.15, 0.2) is 0 Å². The molecular weight excluding hydrogens is 354 g/mol. The standard InChI is InChI=1S/C22H27N3O3/c1-2-3-15-24(19-9-5-4-6-10-19)22(26)18-13-16-23(17-14-18)20-11-7-8-12-21(20)25(27)28/h4-12,18H,2-3,13-17H2,1H3. The lowest BCUT2D eigenvalue weighted by Crippen LogP contribution is -2.43. The van der Waals surface area contributed by atoms with Gasteiger partial charge in [0.05, 0.1) is 4.92 Å². The molecule has 28 heavy (non-hydrogen) atoms. The van der Waals surface area contributed by atoms with Crippen LogP contribution in [0.1, 0.15) is 32.6 Å². The van der Waals surface area contributed by atoms with Crippen LogP contribution in [0.5, 0.6) is 0 Å². The van der Waals surface area contributed by atoms with Crippen molar-refractivity contribution in [2.45, 2.75) is 32.6 Å². The molecule has 0 spiro atoms. The number of para-hydroxylation sites is 3. The molecule has 0 radical (unpaired) electrons. The minimum Gasteiger partial charge on any atom is -0.366 e. The predicted octanol–water partition coefficient (Wildman–Crippen LogP) is 4.64. The van der Waals surface area contributed by atoms with Crippen molar-refractivity contribution < 1.29 is 9.72 Å². The molecule has 2 aromatic rings. The Balaban J connectivity index is 1.69. The Morgan fingerprint density at radius 2 is 1.75 bits per heavy atom. The number of carbonyl (C=O) groups excluding carboxylic acids is 1. The molecule has 148 valence electrons. The largest absolute Gasteiger partial charge is 0.366 e. The Morgan fingerprint density at radius 3 is 2.39 bits per heavy atom. The van der Waals surface area contributed by atoms with Crippen LogP contribution >= 0.6 is 0 Å². The van der Waals surface area contributed by atoms with Crippen LogP contribution in [-0.2, 0) is 4.79 Å². The Bertz CT molecular complexity index is 802. The highest BCUT2D eigenvalue weighted by Crippen LogP contribution is 2.32. The molecule has 1 saturated heterocycles. The highest BCUT2D eigenvalue weighted by molar-refractivity contribution is 5.95. The lowest BCUT2D eigenvalue weighted by atomic mass is 9.94. The van der Waals surface area contributed by atoms with Crippen LogP contribution in [0, 0.1) is 16.0 Å². The summed E-state index contributed by atoms with van der Waals surface area (Å²) in [4.78, 5) is 28.1. The number of unbranched alkanes of at least 4 members (excludes halogenated alkanes) is 1. The number of anilines is 2. The molecule has 3 rings (SSSR count). The molecule has 1 amide bonds. The zero-order valence-corrected chi connectivity index (χ0v) is 16.3. The third-order valence-electron chi connectivity index (χ3n) is 5.33. The predicted molar refractivity (Wildman–Crippen MR) is 112 cm³/mol. The van der Waals surface area contributed by atoms with Gasteiger partial charge in [0.25, 0.3) is 5.69 Å². The van der Waals surface area contributed by atoms with Crippen LogP contribution < -0.4 is 9.80 Å². The van der Waals surface area contributed by atoms with Crippen LogP contribution in [0.2, 0.25) is 0 Å². The molecule has 1 aliphatic rings. The summed E-state index contributed by atoms with van der Waals surface area (Å²) < 4.78 is 0. The first-order valence-electron chi connectivity index (χ1n) is 9.96. The second-order valence-electron chi connectivity index (χ2n) is 7.19. The maximum Gasteiger partial charge on any atom is 0.292 e. The van der Waals surface area contributed by atoms with E-state index in [1.165, 1.54) is 6.07 Å². The Morgan fingerprint density at radius 1 is 1.11 bits per heavy atom. The molecule has 0 aliphatic carbocycles. The monoisotopic (exact) mass is 381 g/mol. The normalized spacial score (nSPS) is 14.7. The zero-order valence-electron chi connectivity index (χ0n) is 16.3. The minimum atomic E-state index is -0.339. The second-order valence-corrected chi connectivity index (χ2v) is 7.19. The maximum atomic E-state index is 13.2. The first-order valence-corrected chi connectivity index (χ1v) is 9.96. The molecule has 6 heteroatoms. The number of nitro groups is 1. The zero-order chi connectivity index (χ0) is 19.9. The molecule has 1 heterocycles. The first-order chi connectivity index (χ1) is 13.6. The average molecular weight is 381 g/mol. The van der Waals surface area contributed by atoms with Crippen LogP contribution in [-0.4, -0.2) is 30.5 Å². The quantitative estimate of drug-likeness (QED) is 0.517. The number of rotatable bonds is 7. The number of nitro benzene ring substituents is 1. The van der Waals surface area contributed by atoms with E-state index in [1.54, 1.807) is 12.1 Å². The molecule has 0 unspecified atom stereocenters. The van der Waals surface area contributed by atoms with E-state index in [0.717, 1.165) is 25.1 Å². The third kappa shape index (κ3) is 4.50. The molecule has 0 N–H and O–H groups in total. The fourth-order valence-electron chi connectivity index (χ4n) is 3.76. The molecule has 0 saturated carbocycles. The Hall–Kier alpha value is -2.89. The smallest absolute Gasteiger partial charge is 0.292 e. The summed E-state index contributed by atoms with van der Waals surface area (Å²) in [6, 6.07) is 16.7. The van der Waals surface area contributed by atoms with Gasteiger partial charge in [-0.25, -0.2) is 0 Å². The van der Waals surface area contributed by atoms with Gasteiger partial charge in [-0.3, -0.25) is 14.9 Å². The van der Waals surface area contributed by atoms with Gasteiger partial charge in [-0.05, 0) is 37.5 Å². The molecular formula is C22H27N3O3. The number of carbonyl (C=O) groups is 1. The highest BCUT2D eigenvalue weighted by Gasteiger charge is 2.31. The fraction of sp³-hybridized carbons (Fsp3) is 0.409. The van der Waals surface area contributed by atoms with Crippen molar-refractivity contribution in [1.29, 1.82) is 0 Å². The summed E-state index contributed by atoms with van der Waals surface area (Å²) in [6.45, 7) is 4.15. The number of piperidine rings is 1. The average Bonchev–Trinajstić information content (AvgIpc) is 2.74. The number of amides is 1. The maximum absolute atomic E-state index is 13.2. The Labute approximate surface area is 165 Å². The lowest BCUT2D eigenvalue weighted by Gasteiger charge is -2.35. The van der Waals surface area contributed by atoms with Crippen LogP contribution in [0.4, 0.5) is 17.1 Å². The van der Waals surface area contributed by atoms with E-state index in [2.05, 4.69) is 6.92 Å². The highest BCUT2D eigenvalue weighted by atomic mass is 16.6. The van der Waals surface area contributed by atoms with Crippen LogP contribution in [0.25, 0.3) is 0 Å². The van der Waals surface area contributed by atoms with Gasteiger partial charge in [0.2, 0.25) is 5.91 Å². The van der Waals surface area contributed by atoms with Crippen molar-refractivity contribution in [3.8, 4) is 0 Å². The van der Waals surface area contributed by atoms with Crippen LogP contribution in [0.15, 0.2) is 54.6 Å². The summed E-state index contributed by atoms with van der Waals surface area (Å²) in [5.41, 5.74) is 1.72. The van der Waals surface area contributed by atoms with Crippen molar-refractivity contribution in [2.75, 3.05) is 29.4 Å². The van der Waals surface area contributed by atoms with Gasteiger partial charge in [-0.15, -0.1) is 0 Å². The summed E-state index contributed by atoms with van der Waals surface area (Å²) in [5, 5.41) is 11.3. The number of hydrogen-bond donors (Lipinski definition) is 0. The van der Waals surface area contributed by atoms with Gasteiger partial charge in [-0.1, -0.05) is 43.7 Å². The van der Waals surface area contributed by atoms with E-state index in [4.69, 9.17) is 0 Å². The Kier molecular flexibility index (Phi) is 6.63. The summed E-state index contributed by atoms with van der Waals surface area (Å²) in [5.74, 6) is 0.123. The van der Waals surface area contributed by atoms with Crippen molar-refractivity contribution in [2.24, 2.45) is 5.92 Å². The van der Waals surface area contributed by atoms with Crippen molar-refractivity contribution in [1.82, 2.24) is 0 Å². The van der Waals surface area contributed by atoms with Crippen LogP contribution in [0.3, 0.4) is 0 Å². The molecule has 2 aromatic carbocycles. The van der Waals surface area contributed by atoms with E-state index in [1.807, 2.05) is 46.2 Å². The van der Waals surface area contributed by atoms with Gasteiger partial charge >= 0.3 is 0 Å². The van der Waals surface area contributed by atoms with E-state index in [0.29, 0.717) is 31.6 Å². The molecule has 1 aliphatic heterocycles. The number of benzene rings is 2. The summed E-state index contributed by atoms with van der Waals surface area (Å²) >= 11 is 0. The van der Waals surface area contributed by atoms with Crippen molar-refractivity contribution >= 4 is 23.0 Å².